The van der Waals surface area contributed by atoms with Crippen LogP contribution in [0.3, 0.4) is 0 Å². The molecule has 0 aliphatic carbocycles. The molecule has 118 valence electrons. The third kappa shape index (κ3) is 6.69. The van der Waals surface area contributed by atoms with Gasteiger partial charge in [-0.05, 0) is 51.2 Å². The van der Waals surface area contributed by atoms with Crippen molar-refractivity contribution in [2.24, 2.45) is 0 Å². The second-order valence-electron chi connectivity index (χ2n) is 5.21. The highest BCUT2D eigenvalue weighted by molar-refractivity contribution is 6.32. The van der Waals surface area contributed by atoms with Gasteiger partial charge in [0.1, 0.15) is 12.4 Å². The summed E-state index contributed by atoms with van der Waals surface area (Å²) in [5, 5.41) is 6.29. The molecule has 5 nitrogen and oxygen atoms in total. The molecule has 6 heteroatoms. The number of urea groups is 1. The summed E-state index contributed by atoms with van der Waals surface area (Å²) in [4.78, 5) is 13.5. The highest BCUT2D eigenvalue weighted by atomic mass is 35.5. The van der Waals surface area contributed by atoms with Crippen molar-refractivity contribution in [3.8, 4) is 5.75 Å². The fraction of sp³-hybridized carbons (Fsp3) is 0.533. The Morgan fingerprint density at radius 3 is 2.33 bits per heavy atom. The molecule has 1 aromatic carbocycles. The predicted molar refractivity (Wildman–Crippen MR) is 86.4 cm³/mol. The molecule has 0 heterocycles. The first-order valence-corrected chi connectivity index (χ1v) is 7.34. The number of ether oxygens (including phenoxy) is 1. The van der Waals surface area contributed by atoms with Crippen molar-refractivity contribution in [2.45, 2.75) is 13.8 Å². The molecule has 0 unspecified atom stereocenters. The molecule has 1 aromatic rings. The van der Waals surface area contributed by atoms with E-state index >= 15 is 0 Å². The monoisotopic (exact) mass is 313 g/mol. The van der Waals surface area contributed by atoms with E-state index in [1.165, 1.54) is 0 Å². The van der Waals surface area contributed by atoms with Crippen LogP contribution in [0.5, 0.6) is 5.75 Å². The van der Waals surface area contributed by atoms with Crippen molar-refractivity contribution in [2.75, 3.05) is 40.3 Å². The van der Waals surface area contributed by atoms with Gasteiger partial charge >= 0.3 is 6.03 Å². The van der Waals surface area contributed by atoms with Crippen LogP contribution in [0.2, 0.25) is 5.02 Å². The summed E-state index contributed by atoms with van der Waals surface area (Å²) in [5.74, 6) is 0.768. The topological polar surface area (TPSA) is 53.6 Å². The highest BCUT2D eigenvalue weighted by Crippen LogP contribution is 2.25. The summed E-state index contributed by atoms with van der Waals surface area (Å²) >= 11 is 6.10. The minimum absolute atomic E-state index is 0.177. The molecular formula is C15H24ClN3O2. The van der Waals surface area contributed by atoms with Crippen molar-refractivity contribution in [1.29, 1.82) is 0 Å². The van der Waals surface area contributed by atoms with E-state index in [9.17, 15) is 4.79 Å². The lowest BCUT2D eigenvalue weighted by molar-refractivity contribution is 0.235. The Labute approximate surface area is 131 Å². The fourth-order valence-corrected chi connectivity index (χ4v) is 1.89. The number of likely N-dealkylation sites (N-methyl/N-ethyl adjacent to an activating group) is 1. The lowest BCUT2D eigenvalue weighted by Crippen LogP contribution is -2.40. The van der Waals surface area contributed by atoms with Gasteiger partial charge in [0.2, 0.25) is 0 Å². The van der Waals surface area contributed by atoms with Crippen LogP contribution in [-0.2, 0) is 0 Å². The van der Waals surface area contributed by atoms with E-state index < -0.39 is 0 Å². The zero-order valence-electron chi connectivity index (χ0n) is 13.1. The Morgan fingerprint density at radius 1 is 1.19 bits per heavy atom. The van der Waals surface area contributed by atoms with Crippen LogP contribution in [0.4, 0.5) is 4.79 Å². The number of nitrogens with zero attached hydrogens (tertiary/aromatic N) is 1. The Bertz CT molecular complexity index is 455. The smallest absolute Gasteiger partial charge is 0.314 e. The van der Waals surface area contributed by atoms with E-state index in [2.05, 4.69) is 10.6 Å². The Kier molecular flexibility index (Phi) is 7.32. The van der Waals surface area contributed by atoms with Gasteiger partial charge in [0.25, 0.3) is 0 Å². The van der Waals surface area contributed by atoms with Gasteiger partial charge in [-0.3, -0.25) is 0 Å². The Morgan fingerprint density at radius 2 is 1.76 bits per heavy atom. The van der Waals surface area contributed by atoms with Crippen molar-refractivity contribution in [3.63, 3.8) is 0 Å². The van der Waals surface area contributed by atoms with Crippen LogP contribution in [-0.4, -0.2) is 51.3 Å². The zero-order chi connectivity index (χ0) is 15.8. The maximum atomic E-state index is 11.5. The third-order valence-electron chi connectivity index (χ3n) is 2.91. The summed E-state index contributed by atoms with van der Waals surface area (Å²) in [5.41, 5.74) is 1.97. The van der Waals surface area contributed by atoms with Gasteiger partial charge in [-0.1, -0.05) is 11.6 Å². The second-order valence-corrected chi connectivity index (χ2v) is 5.58. The molecule has 2 N–H and O–H groups in total. The van der Waals surface area contributed by atoms with Gasteiger partial charge in [-0.15, -0.1) is 0 Å². The van der Waals surface area contributed by atoms with Crippen molar-refractivity contribution >= 4 is 17.6 Å². The van der Waals surface area contributed by atoms with E-state index in [1.807, 2.05) is 45.0 Å². The standard InChI is InChI=1S/C15H24ClN3O2/c1-11-9-13(10-12(2)14(11)16)21-8-6-18-15(20)17-5-7-19(3)4/h9-10H,5-8H2,1-4H3,(H2,17,18,20). The van der Waals surface area contributed by atoms with Gasteiger partial charge in [-0.2, -0.15) is 0 Å². The van der Waals surface area contributed by atoms with Gasteiger partial charge in [0, 0.05) is 18.1 Å². The van der Waals surface area contributed by atoms with E-state index in [0.717, 1.165) is 28.4 Å². The van der Waals surface area contributed by atoms with Gasteiger partial charge < -0.3 is 20.3 Å². The lowest BCUT2D eigenvalue weighted by Gasteiger charge is -2.12. The van der Waals surface area contributed by atoms with Crippen LogP contribution in [0.1, 0.15) is 11.1 Å². The Hall–Kier alpha value is -1.46. The molecule has 0 radical (unpaired) electrons. The van der Waals surface area contributed by atoms with E-state index in [4.69, 9.17) is 16.3 Å². The molecule has 0 spiro atoms. The van der Waals surface area contributed by atoms with Crippen molar-refractivity contribution in [1.82, 2.24) is 15.5 Å². The van der Waals surface area contributed by atoms with Crippen LogP contribution >= 0.6 is 11.6 Å². The largest absolute Gasteiger partial charge is 0.492 e. The summed E-state index contributed by atoms with van der Waals surface area (Å²) < 4.78 is 5.61. The molecule has 2 amide bonds. The van der Waals surface area contributed by atoms with Crippen LogP contribution in [0, 0.1) is 13.8 Å². The number of halogens is 1. The quantitative estimate of drug-likeness (QED) is 0.759. The maximum Gasteiger partial charge on any atom is 0.314 e. The van der Waals surface area contributed by atoms with Gasteiger partial charge in [0.15, 0.2) is 0 Å². The highest BCUT2D eigenvalue weighted by Gasteiger charge is 2.04. The average Bonchev–Trinajstić information content (AvgIpc) is 2.40. The predicted octanol–water partition coefficient (Wildman–Crippen LogP) is 2.20. The molecule has 0 atom stereocenters. The molecule has 0 aliphatic rings. The number of carbonyl (C=O) groups excluding carboxylic acids is 1. The zero-order valence-corrected chi connectivity index (χ0v) is 13.9. The fourth-order valence-electron chi connectivity index (χ4n) is 1.78. The number of aryl methyl sites for hydroxylation is 2. The number of amides is 2. The number of rotatable bonds is 7. The van der Waals surface area contributed by atoms with E-state index in [0.29, 0.717) is 19.7 Å². The molecule has 1 rings (SSSR count). The SMILES string of the molecule is Cc1cc(OCCNC(=O)NCCN(C)C)cc(C)c1Cl. The molecule has 21 heavy (non-hydrogen) atoms. The lowest BCUT2D eigenvalue weighted by atomic mass is 10.1. The number of benzene rings is 1. The molecule has 0 saturated carbocycles. The van der Waals surface area contributed by atoms with Crippen LogP contribution in [0.25, 0.3) is 0 Å². The summed E-state index contributed by atoms with van der Waals surface area (Å²) in [6.45, 7) is 6.19. The van der Waals surface area contributed by atoms with Gasteiger partial charge in [0.05, 0.1) is 6.54 Å². The molecule has 0 bridgehead atoms. The molecule has 0 fully saturated rings. The normalized spacial score (nSPS) is 10.6. The molecule has 0 saturated heterocycles. The second kappa shape index (κ2) is 8.74. The first-order chi connectivity index (χ1) is 9.90. The first kappa shape index (κ1) is 17.6. The van der Waals surface area contributed by atoms with Gasteiger partial charge in [-0.25, -0.2) is 4.79 Å². The summed E-state index contributed by atoms with van der Waals surface area (Å²) in [7, 11) is 3.92. The molecular weight excluding hydrogens is 290 g/mol. The maximum absolute atomic E-state index is 11.5. The van der Waals surface area contributed by atoms with E-state index in [1.54, 1.807) is 0 Å². The number of carbonyl (C=O) groups is 1. The number of hydrogen-bond acceptors (Lipinski definition) is 3. The van der Waals surface area contributed by atoms with E-state index in [-0.39, 0.29) is 6.03 Å². The summed E-state index contributed by atoms with van der Waals surface area (Å²) in [6.07, 6.45) is 0. The molecule has 0 aliphatic heterocycles. The van der Waals surface area contributed by atoms with Crippen LogP contribution in [0.15, 0.2) is 12.1 Å². The Balaban J connectivity index is 2.24. The number of nitrogens with one attached hydrogen (secondary N) is 2. The minimum atomic E-state index is -0.177. The first-order valence-electron chi connectivity index (χ1n) is 6.96. The third-order valence-corrected chi connectivity index (χ3v) is 3.51. The average molecular weight is 314 g/mol. The van der Waals surface area contributed by atoms with Crippen molar-refractivity contribution in [3.05, 3.63) is 28.3 Å². The van der Waals surface area contributed by atoms with Crippen LogP contribution < -0.4 is 15.4 Å². The van der Waals surface area contributed by atoms with Crippen molar-refractivity contribution < 1.29 is 9.53 Å². The minimum Gasteiger partial charge on any atom is -0.492 e. The molecule has 0 aromatic heterocycles. The summed E-state index contributed by atoms with van der Waals surface area (Å²) in [6, 6.07) is 3.61. The number of hydrogen-bond donors (Lipinski definition) is 2.